The van der Waals surface area contributed by atoms with Gasteiger partial charge in [0, 0.05) is 49.3 Å². The van der Waals surface area contributed by atoms with Crippen LogP contribution in [0.3, 0.4) is 0 Å². The first-order valence-electron chi connectivity index (χ1n) is 6.14. The number of anilines is 1. The zero-order valence-corrected chi connectivity index (χ0v) is 11.3. The summed E-state index contributed by atoms with van der Waals surface area (Å²) in [6, 6.07) is 2.51. The van der Waals surface area contributed by atoms with E-state index in [4.69, 9.17) is 5.73 Å². The van der Waals surface area contributed by atoms with Gasteiger partial charge < -0.3 is 15.5 Å². The molecule has 1 heterocycles. The van der Waals surface area contributed by atoms with E-state index in [-0.39, 0.29) is 0 Å². The Morgan fingerprint density at radius 1 is 1.41 bits per heavy atom. The molecule has 1 atom stereocenters. The third-order valence-electron chi connectivity index (χ3n) is 2.91. The van der Waals surface area contributed by atoms with Crippen LogP contribution >= 0.6 is 0 Å². The molecule has 0 aliphatic rings. The zero-order chi connectivity index (χ0) is 12.8. The summed E-state index contributed by atoms with van der Waals surface area (Å²) in [5.41, 5.74) is 8.09. The predicted octanol–water partition coefficient (Wildman–Crippen LogP) is 1.32. The van der Waals surface area contributed by atoms with Gasteiger partial charge in [-0.1, -0.05) is 0 Å². The van der Waals surface area contributed by atoms with Crippen LogP contribution in [-0.4, -0.2) is 43.1 Å². The predicted molar refractivity (Wildman–Crippen MR) is 73.2 cm³/mol. The summed E-state index contributed by atoms with van der Waals surface area (Å²) in [5.74, 6) is 0. The van der Waals surface area contributed by atoms with Crippen molar-refractivity contribution in [2.45, 2.75) is 26.4 Å². The molecule has 0 aromatic carbocycles. The van der Waals surface area contributed by atoms with E-state index in [9.17, 15) is 0 Å². The van der Waals surface area contributed by atoms with Crippen molar-refractivity contribution in [3.05, 3.63) is 24.0 Å². The van der Waals surface area contributed by atoms with E-state index in [2.05, 4.69) is 48.8 Å². The quantitative estimate of drug-likeness (QED) is 0.809. The van der Waals surface area contributed by atoms with Gasteiger partial charge in [-0.25, -0.2) is 0 Å². The lowest BCUT2D eigenvalue weighted by Gasteiger charge is -2.33. The van der Waals surface area contributed by atoms with Crippen LogP contribution < -0.4 is 10.6 Å². The van der Waals surface area contributed by atoms with E-state index in [0.717, 1.165) is 18.7 Å². The maximum atomic E-state index is 5.77. The van der Waals surface area contributed by atoms with Crippen molar-refractivity contribution in [3.8, 4) is 0 Å². The van der Waals surface area contributed by atoms with Crippen molar-refractivity contribution in [2.75, 3.05) is 32.1 Å². The second-order valence-corrected chi connectivity index (χ2v) is 4.61. The Morgan fingerprint density at radius 3 is 2.65 bits per heavy atom. The van der Waals surface area contributed by atoms with Crippen LogP contribution in [0.15, 0.2) is 18.5 Å². The maximum Gasteiger partial charge on any atom is 0.0445 e. The van der Waals surface area contributed by atoms with Gasteiger partial charge in [0.1, 0.15) is 0 Å². The molecule has 1 aromatic rings. The number of likely N-dealkylation sites (N-methyl/N-ethyl adjacent to an activating group) is 2. The molecule has 4 nitrogen and oxygen atoms in total. The number of rotatable bonds is 6. The highest BCUT2D eigenvalue weighted by Crippen LogP contribution is 2.21. The second-order valence-electron chi connectivity index (χ2n) is 4.61. The summed E-state index contributed by atoms with van der Waals surface area (Å²) < 4.78 is 0. The summed E-state index contributed by atoms with van der Waals surface area (Å²) >= 11 is 0. The van der Waals surface area contributed by atoms with Crippen LogP contribution in [0, 0.1) is 0 Å². The van der Waals surface area contributed by atoms with Crippen LogP contribution in [0.25, 0.3) is 0 Å². The molecule has 1 rings (SSSR count). The zero-order valence-electron chi connectivity index (χ0n) is 11.3. The molecule has 0 fully saturated rings. The first-order valence-corrected chi connectivity index (χ1v) is 6.14. The molecule has 4 heteroatoms. The topological polar surface area (TPSA) is 45.4 Å². The summed E-state index contributed by atoms with van der Waals surface area (Å²) in [5, 5.41) is 0. The standard InChI is InChI=1S/C13H24N4/c1-5-17(11(2)10-16(3)4)13-6-7-15-9-12(13)8-14/h6-7,9,11H,5,8,10,14H2,1-4H3. The second kappa shape index (κ2) is 6.57. The molecule has 0 radical (unpaired) electrons. The van der Waals surface area contributed by atoms with Gasteiger partial charge in [-0.3, -0.25) is 4.98 Å². The Labute approximate surface area is 104 Å². The van der Waals surface area contributed by atoms with E-state index in [1.54, 1.807) is 0 Å². The number of hydrogen-bond donors (Lipinski definition) is 1. The Balaban J connectivity index is 2.92. The molecule has 0 spiro atoms. The minimum absolute atomic E-state index is 0.461. The highest BCUT2D eigenvalue weighted by atomic mass is 15.2. The molecular formula is C13H24N4. The maximum absolute atomic E-state index is 5.77. The van der Waals surface area contributed by atoms with Gasteiger partial charge in [0.05, 0.1) is 0 Å². The Kier molecular flexibility index (Phi) is 5.38. The third-order valence-corrected chi connectivity index (χ3v) is 2.91. The van der Waals surface area contributed by atoms with E-state index in [1.165, 1.54) is 5.69 Å². The first kappa shape index (κ1) is 13.9. The Morgan fingerprint density at radius 2 is 2.12 bits per heavy atom. The minimum atomic E-state index is 0.461. The highest BCUT2D eigenvalue weighted by Gasteiger charge is 2.15. The Hall–Kier alpha value is -1.13. The largest absolute Gasteiger partial charge is 0.367 e. The van der Waals surface area contributed by atoms with Crippen LogP contribution in [0.2, 0.25) is 0 Å². The summed E-state index contributed by atoms with van der Waals surface area (Å²) in [6.45, 7) is 6.96. The molecular weight excluding hydrogens is 212 g/mol. The van der Waals surface area contributed by atoms with Gasteiger partial charge >= 0.3 is 0 Å². The highest BCUT2D eigenvalue weighted by molar-refractivity contribution is 5.52. The van der Waals surface area contributed by atoms with Crippen molar-refractivity contribution in [2.24, 2.45) is 5.73 Å². The van der Waals surface area contributed by atoms with Crippen LogP contribution in [-0.2, 0) is 6.54 Å². The van der Waals surface area contributed by atoms with Crippen molar-refractivity contribution in [1.29, 1.82) is 0 Å². The normalized spacial score (nSPS) is 12.8. The molecule has 0 saturated carbocycles. The number of aromatic nitrogens is 1. The molecule has 0 aliphatic heterocycles. The molecule has 1 unspecified atom stereocenters. The lowest BCUT2D eigenvalue weighted by atomic mass is 10.1. The van der Waals surface area contributed by atoms with E-state index in [1.807, 2.05) is 12.4 Å². The van der Waals surface area contributed by atoms with Crippen molar-refractivity contribution >= 4 is 5.69 Å². The number of hydrogen-bond acceptors (Lipinski definition) is 4. The van der Waals surface area contributed by atoms with E-state index >= 15 is 0 Å². The lowest BCUT2D eigenvalue weighted by molar-refractivity contribution is 0.372. The van der Waals surface area contributed by atoms with Crippen LogP contribution in [0.1, 0.15) is 19.4 Å². The summed E-state index contributed by atoms with van der Waals surface area (Å²) in [7, 11) is 4.20. The van der Waals surface area contributed by atoms with Gasteiger partial charge in [0.25, 0.3) is 0 Å². The van der Waals surface area contributed by atoms with Gasteiger partial charge in [-0.05, 0) is 34.0 Å². The van der Waals surface area contributed by atoms with Gasteiger partial charge in [-0.2, -0.15) is 0 Å². The molecule has 2 N–H and O–H groups in total. The van der Waals surface area contributed by atoms with Crippen LogP contribution in [0.5, 0.6) is 0 Å². The molecule has 0 aliphatic carbocycles. The van der Waals surface area contributed by atoms with Gasteiger partial charge in [-0.15, -0.1) is 0 Å². The van der Waals surface area contributed by atoms with Crippen molar-refractivity contribution in [3.63, 3.8) is 0 Å². The van der Waals surface area contributed by atoms with Gasteiger partial charge in [0.2, 0.25) is 0 Å². The number of pyridine rings is 1. The Bertz CT molecular complexity index is 338. The SMILES string of the molecule is CCN(c1ccncc1CN)C(C)CN(C)C. The van der Waals surface area contributed by atoms with Crippen molar-refractivity contribution < 1.29 is 0 Å². The van der Waals surface area contributed by atoms with Crippen LogP contribution in [0.4, 0.5) is 5.69 Å². The molecule has 0 saturated heterocycles. The fourth-order valence-electron chi connectivity index (χ4n) is 2.20. The van der Waals surface area contributed by atoms with E-state index < -0.39 is 0 Å². The van der Waals surface area contributed by atoms with E-state index in [0.29, 0.717) is 12.6 Å². The smallest absolute Gasteiger partial charge is 0.0445 e. The summed E-state index contributed by atoms with van der Waals surface area (Å²) in [6.07, 6.45) is 3.69. The third kappa shape index (κ3) is 3.68. The minimum Gasteiger partial charge on any atom is -0.367 e. The molecule has 96 valence electrons. The molecule has 0 amide bonds. The fourth-order valence-corrected chi connectivity index (χ4v) is 2.20. The lowest BCUT2D eigenvalue weighted by Crippen LogP contribution is -2.40. The summed E-state index contributed by atoms with van der Waals surface area (Å²) in [4.78, 5) is 8.72. The molecule has 1 aromatic heterocycles. The number of nitrogens with two attached hydrogens (primary N) is 1. The first-order chi connectivity index (χ1) is 8.10. The van der Waals surface area contributed by atoms with Gasteiger partial charge in [0.15, 0.2) is 0 Å². The average molecular weight is 236 g/mol. The number of nitrogens with zero attached hydrogens (tertiary/aromatic N) is 3. The molecule has 0 bridgehead atoms. The molecule has 17 heavy (non-hydrogen) atoms. The van der Waals surface area contributed by atoms with Crippen molar-refractivity contribution in [1.82, 2.24) is 9.88 Å². The average Bonchev–Trinajstić information content (AvgIpc) is 2.29. The fraction of sp³-hybridized carbons (Fsp3) is 0.615. The monoisotopic (exact) mass is 236 g/mol.